The van der Waals surface area contributed by atoms with Gasteiger partial charge in [0.15, 0.2) is 8.24 Å². The number of carbonyl (C=O) groups is 2. The Balaban J connectivity index is 2.26. The summed E-state index contributed by atoms with van der Waals surface area (Å²) in [5.41, 5.74) is 2.13. The minimum atomic E-state index is -2.21. The number of halogens is 1. The van der Waals surface area contributed by atoms with Crippen LogP contribution >= 0.6 is 11.6 Å². The van der Waals surface area contributed by atoms with Crippen molar-refractivity contribution in [1.29, 1.82) is 0 Å². The molecule has 5 nitrogen and oxygen atoms in total. The molecular formula is C23H27ClN2O3Si. The van der Waals surface area contributed by atoms with Crippen molar-refractivity contribution in [2.45, 2.75) is 46.6 Å². The third-order valence-electron chi connectivity index (χ3n) is 4.68. The lowest BCUT2D eigenvalue weighted by atomic mass is 9.97. The number of hydrogen-bond acceptors (Lipinski definition) is 4. The lowest BCUT2D eigenvalue weighted by Gasteiger charge is -2.35. The lowest BCUT2D eigenvalue weighted by Crippen LogP contribution is -2.54. The molecule has 2 aromatic carbocycles. The van der Waals surface area contributed by atoms with E-state index in [0.29, 0.717) is 10.7 Å². The van der Waals surface area contributed by atoms with Crippen molar-refractivity contribution in [3.8, 4) is 0 Å². The average molecular weight is 443 g/mol. The molecule has 30 heavy (non-hydrogen) atoms. The van der Waals surface area contributed by atoms with Gasteiger partial charge in [0.05, 0.1) is 11.1 Å². The Bertz CT molecular complexity index is 1010. The Morgan fingerprint density at radius 3 is 2.30 bits per heavy atom. The predicted octanol–water partition coefficient (Wildman–Crippen LogP) is 5.27. The first-order valence-corrected chi connectivity index (χ1v) is 13.7. The molecule has 0 radical (unpaired) electrons. The first kappa shape index (κ1) is 22.2. The quantitative estimate of drug-likeness (QED) is 0.480. The number of nitrogens with zero attached hydrogens (tertiary/aromatic N) is 2. The van der Waals surface area contributed by atoms with E-state index in [1.807, 2.05) is 42.5 Å². The minimum absolute atomic E-state index is 0.332. The van der Waals surface area contributed by atoms with Gasteiger partial charge in [0, 0.05) is 21.8 Å². The van der Waals surface area contributed by atoms with Crippen LogP contribution in [-0.4, -0.2) is 32.1 Å². The van der Waals surface area contributed by atoms with Crippen LogP contribution in [0.1, 0.15) is 31.9 Å². The van der Waals surface area contributed by atoms with Crippen molar-refractivity contribution >= 4 is 43.1 Å². The van der Waals surface area contributed by atoms with E-state index < -0.39 is 25.8 Å². The molecule has 1 amide bonds. The molecule has 0 aliphatic carbocycles. The molecule has 0 spiro atoms. The number of carbonyl (C=O) groups excluding carboxylic acids is 2. The highest BCUT2D eigenvalue weighted by molar-refractivity contribution is 6.83. The number of amides is 1. The number of ether oxygens (including phenoxy) is 1. The standard InChI is InChI=1S/C23H27ClN2O3Si/c1-23(2,3)22(28)29-20-21(27)26(30(4,5)6)18-13-12-16(24)14-17(18)19(25-20)15-10-8-7-9-11-15/h7-14,20H,1-6H3. The fraction of sp³-hybridized carbons (Fsp3) is 0.348. The van der Waals surface area contributed by atoms with E-state index in [9.17, 15) is 9.59 Å². The summed E-state index contributed by atoms with van der Waals surface area (Å²) in [6.45, 7) is 11.5. The summed E-state index contributed by atoms with van der Waals surface area (Å²) in [7, 11) is -2.21. The van der Waals surface area contributed by atoms with Crippen molar-refractivity contribution in [2.24, 2.45) is 10.4 Å². The number of fused-ring (bicyclic) bond motifs is 1. The highest BCUT2D eigenvalue weighted by Crippen LogP contribution is 2.34. The van der Waals surface area contributed by atoms with Crippen LogP contribution in [0, 0.1) is 5.41 Å². The normalized spacial score (nSPS) is 17.2. The molecule has 0 saturated heterocycles. The van der Waals surface area contributed by atoms with Crippen LogP contribution < -0.4 is 4.57 Å². The van der Waals surface area contributed by atoms with E-state index in [-0.39, 0.29) is 5.91 Å². The number of anilines is 1. The molecule has 0 fully saturated rings. The highest BCUT2D eigenvalue weighted by atomic mass is 35.5. The van der Waals surface area contributed by atoms with E-state index in [2.05, 4.69) is 24.6 Å². The zero-order valence-electron chi connectivity index (χ0n) is 18.2. The zero-order chi connectivity index (χ0) is 22.3. The molecule has 1 aliphatic heterocycles. The van der Waals surface area contributed by atoms with Gasteiger partial charge in [-0.05, 0) is 39.0 Å². The van der Waals surface area contributed by atoms with Crippen LogP contribution in [0.3, 0.4) is 0 Å². The Kier molecular flexibility index (Phi) is 5.93. The van der Waals surface area contributed by atoms with E-state index in [1.54, 1.807) is 31.4 Å². The maximum Gasteiger partial charge on any atom is 0.313 e. The Hall–Kier alpha value is -2.44. The zero-order valence-corrected chi connectivity index (χ0v) is 19.9. The van der Waals surface area contributed by atoms with Gasteiger partial charge in [-0.3, -0.25) is 9.59 Å². The van der Waals surface area contributed by atoms with Gasteiger partial charge in [-0.2, -0.15) is 0 Å². The average Bonchev–Trinajstić information content (AvgIpc) is 2.76. The van der Waals surface area contributed by atoms with Gasteiger partial charge in [-0.1, -0.05) is 61.6 Å². The third kappa shape index (κ3) is 4.49. The Labute approximate surface area is 183 Å². The molecule has 7 heteroatoms. The SMILES string of the molecule is CC(C)(C)C(=O)OC1N=C(c2ccccc2)c2cc(Cl)ccc2N([Si](C)(C)C)C1=O. The first-order chi connectivity index (χ1) is 13.9. The van der Waals surface area contributed by atoms with E-state index in [1.165, 1.54) is 0 Å². The molecule has 2 aromatic rings. The summed E-state index contributed by atoms with van der Waals surface area (Å²) >= 11 is 6.33. The molecule has 0 aromatic heterocycles. The van der Waals surface area contributed by atoms with Gasteiger partial charge in [0.1, 0.15) is 0 Å². The van der Waals surface area contributed by atoms with Crippen molar-refractivity contribution in [3.05, 3.63) is 64.7 Å². The summed E-state index contributed by atoms with van der Waals surface area (Å²) in [4.78, 5) is 30.9. The van der Waals surface area contributed by atoms with Crippen LogP contribution in [0.2, 0.25) is 24.7 Å². The highest BCUT2D eigenvalue weighted by Gasteiger charge is 2.41. The van der Waals surface area contributed by atoms with Crippen molar-refractivity contribution in [3.63, 3.8) is 0 Å². The Morgan fingerprint density at radius 1 is 1.10 bits per heavy atom. The fourth-order valence-corrected chi connectivity index (χ4v) is 5.10. The van der Waals surface area contributed by atoms with E-state index in [0.717, 1.165) is 16.8 Å². The van der Waals surface area contributed by atoms with Crippen molar-refractivity contribution in [1.82, 2.24) is 0 Å². The maximum atomic E-state index is 13.6. The summed E-state index contributed by atoms with van der Waals surface area (Å²) in [5, 5.41) is 0.547. The predicted molar refractivity (Wildman–Crippen MR) is 124 cm³/mol. The maximum absolute atomic E-state index is 13.6. The number of rotatable bonds is 3. The van der Waals surface area contributed by atoms with Gasteiger partial charge in [-0.25, -0.2) is 4.99 Å². The number of esters is 1. The molecule has 1 atom stereocenters. The number of hydrogen-bond donors (Lipinski definition) is 0. The van der Waals surface area contributed by atoms with Crippen LogP contribution in [0.25, 0.3) is 0 Å². The number of aliphatic imine (C=N–C) groups is 1. The third-order valence-corrected chi connectivity index (χ3v) is 6.72. The van der Waals surface area contributed by atoms with Crippen LogP contribution in [0.5, 0.6) is 0 Å². The topological polar surface area (TPSA) is 59.0 Å². The summed E-state index contributed by atoms with van der Waals surface area (Å²) in [6.07, 6.45) is -1.26. The second-order valence-corrected chi connectivity index (χ2v) is 14.6. The smallest absolute Gasteiger partial charge is 0.313 e. The second-order valence-electron chi connectivity index (χ2n) is 9.36. The van der Waals surface area contributed by atoms with E-state index in [4.69, 9.17) is 16.3 Å². The molecule has 0 saturated carbocycles. The van der Waals surface area contributed by atoms with Gasteiger partial charge >= 0.3 is 5.97 Å². The molecule has 1 aliphatic rings. The van der Waals surface area contributed by atoms with Gasteiger partial charge in [0.2, 0.25) is 0 Å². The summed E-state index contributed by atoms with van der Waals surface area (Å²) < 4.78 is 7.43. The molecular weight excluding hydrogens is 416 g/mol. The monoisotopic (exact) mass is 442 g/mol. The molecule has 158 valence electrons. The first-order valence-electron chi connectivity index (χ1n) is 9.88. The van der Waals surface area contributed by atoms with E-state index >= 15 is 0 Å². The van der Waals surface area contributed by atoms with Crippen LogP contribution in [-0.2, 0) is 14.3 Å². The largest absolute Gasteiger partial charge is 0.430 e. The summed E-state index contributed by atoms with van der Waals surface area (Å²) in [6, 6.07) is 15.0. The van der Waals surface area contributed by atoms with Crippen LogP contribution in [0.15, 0.2) is 53.5 Å². The molecule has 1 heterocycles. The second kappa shape index (κ2) is 8.00. The van der Waals surface area contributed by atoms with Gasteiger partial charge in [-0.15, -0.1) is 0 Å². The summed E-state index contributed by atoms with van der Waals surface area (Å²) in [5.74, 6) is -0.808. The van der Waals surface area contributed by atoms with Crippen molar-refractivity contribution in [2.75, 3.05) is 4.57 Å². The van der Waals surface area contributed by atoms with Gasteiger partial charge < -0.3 is 9.30 Å². The number of benzodiazepines with no additional fused rings is 1. The molecule has 3 rings (SSSR count). The van der Waals surface area contributed by atoms with Crippen molar-refractivity contribution < 1.29 is 14.3 Å². The lowest BCUT2D eigenvalue weighted by molar-refractivity contribution is -0.162. The number of benzene rings is 2. The van der Waals surface area contributed by atoms with Gasteiger partial charge in [0.25, 0.3) is 12.1 Å². The molecule has 0 bridgehead atoms. The molecule has 0 N–H and O–H groups in total. The minimum Gasteiger partial charge on any atom is -0.430 e. The molecule has 1 unspecified atom stereocenters. The van der Waals surface area contributed by atoms with Crippen LogP contribution in [0.4, 0.5) is 5.69 Å². The Morgan fingerprint density at radius 2 is 1.73 bits per heavy atom. The fourth-order valence-electron chi connectivity index (χ4n) is 3.24.